The predicted molar refractivity (Wildman–Crippen MR) is 60.2 cm³/mol. The Bertz CT molecular complexity index is 509. The lowest BCUT2D eigenvalue weighted by Gasteiger charge is -2.05. The highest BCUT2D eigenvalue weighted by molar-refractivity contribution is 5.98. The van der Waals surface area contributed by atoms with E-state index in [-0.39, 0.29) is 5.91 Å². The third kappa shape index (κ3) is 2.48. The molecule has 2 rings (SSSR count). The molecular formula is C12H11N2O4-. The molecule has 0 radical (unpaired) electrons. The van der Waals surface area contributed by atoms with Gasteiger partial charge in [0.1, 0.15) is 0 Å². The Balaban J connectivity index is 1.96. The molecule has 3 N–H and O–H groups in total. The number of anilines is 1. The van der Waals surface area contributed by atoms with E-state index in [1.165, 1.54) is 24.3 Å². The molecule has 0 aromatic heterocycles. The van der Waals surface area contributed by atoms with Crippen LogP contribution in [0.3, 0.4) is 0 Å². The molecule has 0 saturated heterocycles. The Hall–Kier alpha value is -2.37. The van der Waals surface area contributed by atoms with Gasteiger partial charge in [-0.05, 0) is 30.7 Å². The van der Waals surface area contributed by atoms with E-state index in [2.05, 4.69) is 5.32 Å². The first kappa shape index (κ1) is 12.1. The van der Waals surface area contributed by atoms with Crippen molar-refractivity contribution in [2.24, 2.45) is 17.6 Å². The molecule has 0 spiro atoms. The van der Waals surface area contributed by atoms with Crippen molar-refractivity contribution < 1.29 is 19.5 Å². The molecule has 2 amide bonds. The summed E-state index contributed by atoms with van der Waals surface area (Å²) in [6.07, 6.45) is 0.313. The number of carboxylic acid groups (broad SMARTS) is 1. The molecule has 0 unspecified atom stereocenters. The van der Waals surface area contributed by atoms with Crippen LogP contribution >= 0.6 is 0 Å². The monoisotopic (exact) mass is 247 g/mol. The lowest BCUT2D eigenvalue weighted by Crippen LogP contribution is -2.27. The summed E-state index contributed by atoms with van der Waals surface area (Å²) in [4.78, 5) is 33.0. The molecule has 1 aromatic carbocycles. The van der Waals surface area contributed by atoms with Gasteiger partial charge >= 0.3 is 0 Å². The molecule has 6 nitrogen and oxygen atoms in total. The molecule has 1 aliphatic rings. The van der Waals surface area contributed by atoms with Crippen molar-refractivity contribution in [2.45, 2.75) is 6.42 Å². The third-order valence-corrected chi connectivity index (χ3v) is 2.87. The van der Waals surface area contributed by atoms with Crippen LogP contribution in [0.5, 0.6) is 0 Å². The van der Waals surface area contributed by atoms with Gasteiger partial charge in [0.25, 0.3) is 0 Å². The van der Waals surface area contributed by atoms with Crippen molar-refractivity contribution in [1.29, 1.82) is 0 Å². The number of rotatable bonds is 4. The molecule has 1 saturated carbocycles. The molecule has 1 aliphatic carbocycles. The standard InChI is InChI=1S/C12H12N2O4/c13-10(15)6-1-3-7(4-2-6)14-11(16)8-5-9(8)12(17)18/h1-4,8-9H,5H2,(H2,13,15)(H,14,16)(H,17,18)/p-1/t8-,9-/m0/s1. The zero-order valence-corrected chi connectivity index (χ0v) is 9.38. The zero-order chi connectivity index (χ0) is 13.3. The van der Waals surface area contributed by atoms with Crippen LogP contribution in [-0.2, 0) is 9.59 Å². The van der Waals surface area contributed by atoms with Gasteiger partial charge < -0.3 is 21.0 Å². The summed E-state index contributed by atoms with van der Waals surface area (Å²) in [7, 11) is 0. The summed E-state index contributed by atoms with van der Waals surface area (Å²) >= 11 is 0. The quantitative estimate of drug-likeness (QED) is 0.718. The molecule has 1 fully saturated rings. The summed E-state index contributed by atoms with van der Waals surface area (Å²) in [5, 5.41) is 13.1. The van der Waals surface area contributed by atoms with Crippen LogP contribution in [0.4, 0.5) is 5.69 Å². The third-order valence-electron chi connectivity index (χ3n) is 2.87. The Kier molecular flexibility index (Phi) is 3.01. The number of hydrogen-bond acceptors (Lipinski definition) is 4. The molecule has 2 atom stereocenters. The van der Waals surface area contributed by atoms with E-state index < -0.39 is 23.7 Å². The fraction of sp³-hybridized carbons (Fsp3) is 0.250. The summed E-state index contributed by atoms with van der Waals surface area (Å²) in [5.74, 6) is -3.30. The van der Waals surface area contributed by atoms with Crippen LogP contribution in [0.2, 0.25) is 0 Å². The van der Waals surface area contributed by atoms with Crippen molar-refractivity contribution in [3.05, 3.63) is 29.8 Å². The number of nitrogens with two attached hydrogens (primary N) is 1. The fourth-order valence-corrected chi connectivity index (χ4v) is 1.70. The summed E-state index contributed by atoms with van der Waals surface area (Å²) < 4.78 is 0. The van der Waals surface area contributed by atoms with Crippen LogP contribution in [0.1, 0.15) is 16.8 Å². The minimum Gasteiger partial charge on any atom is -0.550 e. The highest BCUT2D eigenvalue weighted by atomic mass is 16.4. The number of carboxylic acids is 1. The van der Waals surface area contributed by atoms with E-state index >= 15 is 0 Å². The minimum atomic E-state index is -1.20. The van der Waals surface area contributed by atoms with E-state index in [0.29, 0.717) is 17.7 Å². The first-order valence-electron chi connectivity index (χ1n) is 5.40. The number of nitrogens with one attached hydrogen (secondary N) is 1. The molecule has 94 valence electrons. The van der Waals surface area contributed by atoms with E-state index in [4.69, 9.17) is 5.73 Å². The molecule has 0 heterocycles. The van der Waals surface area contributed by atoms with Gasteiger partial charge in [-0.25, -0.2) is 0 Å². The SMILES string of the molecule is NC(=O)c1ccc(NC(=O)[C@H]2C[C@@H]2C(=O)[O-])cc1. The molecule has 1 aromatic rings. The molecular weight excluding hydrogens is 236 g/mol. The lowest BCUT2D eigenvalue weighted by molar-refractivity contribution is -0.308. The van der Waals surface area contributed by atoms with Gasteiger partial charge in [0.2, 0.25) is 11.8 Å². The van der Waals surface area contributed by atoms with Crippen molar-refractivity contribution in [3.63, 3.8) is 0 Å². The van der Waals surface area contributed by atoms with Crippen LogP contribution in [0.25, 0.3) is 0 Å². The Morgan fingerprint density at radius 1 is 1.17 bits per heavy atom. The van der Waals surface area contributed by atoms with E-state index in [1.807, 2.05) is 0 Å². The van der Waals surface area contributed by atoms with Crippen molar-refractivity contribution >= 4 is 23.5 Å². The number of amides is 2. The van der Waals surface area contributed by atoms with Gasteiger partial charge in [0.05, 0.1) is 0 Å². The topological polar surface area (TPSA) is 112 Å². The highest BCUT2D eigenvalue weighted by Crippen LogP contribution is 2.38. The van der Waals surface area contributed by atoms with Gasteiger partial charge in [-0.2, -0.15) is 0 Å². The van der Waals surface area contributed by atoms with E-state index in [0.717, 1.165) is 0 Å². The van der Waals surface area contributed by atoms with Crippen molar-refractivity contribution in [1.82, 2.24) is 0 Å². The molecule has 0 aliphatic heterocycles. The van der Waals surface area contributed by atoms with Crippen LogP contribution in [0, 0.1) is 11.8 Å². The molecule has 6 heteroatoms. The summed E-state index contributed by atoms with van der Waals surface area (Å²) in [5.41, 5.74) is 5.91. The van der Waals surface area contributed by atoms with E-state index in [9.17, 15) is 19.5 Å². The summed E-state index contributed by atoms with van der Waals surface area (Å²) in [6.45, 7) is 0. The van der Waals surface area contributed by atoms with Gasteiger partial charge in [-0.15, -0.1) is 0 Å². The van der Waals surface area contributed by atoms with Crippen LogP contribution < -0.4 is 16.2 Å². The van der Waals surface area contributed by atoms with Gasteiger partial charge in [-0.1, -0.05) is 0 Å². The second-order valence-corrected chi connectivity index (χ2v) is 4.20. The van der Waals surface area contributed by atoms with Crippen molar-refractivity contribution in [3.8, 4) is 0 Å². The van der Waals surface area contributed by atoms with Gasteiger partial charge in [0, 0.05) is 29.1 Å². The average Bonchev–Trinajstić information content (AvgIpc) is 3.09. The average molecular weight is 247 g/mol. The maximum Gasteiger partial charge on any atom is 0.248 e. The maximum absolute atomic E-state index is 11.6. The molecule has 0 bridgehead atoms. The second-order valence-electron chi connectivity index (χ2n) is 4.20. The Morgan fingerprint density at radius 3 is 2.22 bits per heavy atom. The predicted octanol–water partition coefficient (Wildman–Crippen LogP) is -0.890. The van der Waals surface area contributed by atoms with Gasteiger partial charge in [0.15, 0.2) is 0 Å². The van der Waals surface area contributed by atoms with Crippen molar-refractivity contribution in [2.75, 3.05) is 5.32 Å². The van der Waals surface area contributed by atoms with Crippen LogP contribution in [-0.4, -0.2) is 17.8 Å². The summed E-state index contributed by atoms with van der Waals surface area (Å²) in [6, 6.07) is 6.05. The zero-order valence-electron chi connectivity index (χ0n) is 9.38. The normalized spacial score (nSPS) is 21.1. The maximum atomic E-state index is 11.6. The first-order chi connectivity index (χ1) is 8.49. The number of carbonyl (C=O) groups is 3. The number of benzene rings is 1. The second kappa shape index (κ2) is 4.48. The lowest BCUT2D eigenvalue weighted by atomic mass is 10.2. The largest absolute Gasteiger partial charge is 0.550 e. The number of carbonyl (C=O) groups excluding carboxylic acids is 3. The van der Waals surface area contributed by atoms with E-state index in [1.54, 1.807) is 0 Å². The van der Waals surface area contributed by atoms with Gasteiger partial charge in [-0.3, -0.25) is 9.59 Å². The smallest absolute Gasteiger partial charge is 0.248 e. The molecule has 18 heavy (non-hydrogen) atoms. The first-order valence-corrected chi connectivity index (χ1v) is 5.40. The Labute approximate surface area is 103 Å². The number of hydrogen-bond donors (Lipinski definition) is 2. The number of primary amides is 1. The fourth-order valence-electron chi connectivity index (χ4n) is 1.70. The minimum absolute atomic E-state index is 0.313. The van der Waals surface area contributed by atoms with Crippen LogP contribution in [0.15, 0.2) is 24.3 Å². The highest BCUT2D eigenvalue weighted by Gasteiger charge is 2.43. The number of aliphatic carboxylic acids is 1. The Morgan fingerprint density at radius 2 is 1.78 bits per heavy atom.